The van der Waals surface area contributed by atoms with Crippen molar-refractivity contribution < 1.29 is 9.50 Å². The molecule has 0 radical (unpaired) electrons. The summed E-state index contributed by atoms with van der Waals surface area (Å²) in [4.78, 5) is 0. The lowest BCUT2D eigenvalue weighted by atomic mass is 9.99. The second-order valence-corrected chi connectivity index (χ2v) is 6.46. The first kappa shape index (κ1) is 16.7. The van der Waals surface area contributed by atoms with Gasteiger partial charge >= 0.3 is 0 Å². The zero-order chi connectivity index (χ0) is 17.3. The zero-order valence-corrected chi connectivity index (χ0v) is 14.0. The number of aromatic nitrogens is 1. The van der Waals surface area contributed by atoms with Gasteiger partial charge in [0.25, 0.3) is 0 Å². The van der Waals surface area contributed by atoms with Crippen LogP contribution >= 0.6 is 0 Å². The van der Waals surface area contributed by atoms with Crippen molar-refractivity contribution in [2.75, 3.05) is 6.61 Å². The molecule has 0 aliphatic carbocycles. The third-order valence-corrected chi connectivity index (χ3v) is 4.35. The average Bonchev–Trinajstić information content (AvgIpc) is 2.89. The van der Waals surface area contributed by atoms with Crippen LogP contribution in [0.15, 0.2) is 48.5 Å². The molecule has 0 aliphatic heterocycles. The summed E-state index contributed by atoms with van der Waals surface area (Å²) in [5.74, 6) is -0.250. The van der Waals surface area contributed by atoms with Crippen LogP contribution in [0.25, 0.3) is 22.0 Å². The van der Waals surface area contributed by atoms with Crippen molar-refractivity contribution in [3.63, 3.8) is 0 Å². The Morgan fingerprint density at radius 2 is 1.75 bits per heavy atom. The van der Waals surface area contributed by atoms with Crippen molar-refractivity contribution in [3.8, 4) is 11.1 Å². The topological polar surface area (TPSA) is 51.2 Å². The highest BCUT2D eigenvalue weighted by Crippen LogP contribution is 2.37. The van der Waals surface area contributed by atoms with Gasteiger partial charge in [-0.05, 0) is 37.6 Å². The number of rotatable bonds is 5. The Hall–Kier alpha value is -2.17. The fourth-order valence-corrected chi connectivity index (χ4v) is 3.36. The summed E-state index contributed by atoms with van der Waals surface area (Å²) >= 11 is 0. The molecule has 3 N–H and O–H groups in total. The van der Waals surface area contributed by atoms with Gasteiger partial charge in [-0.1, -0.05) is 30.3 Å². The number of aliphatic hydroxyl groups excluding tert-OH is 1. The second-order valence-electron chi connectivity index (χ2n) is 6.46. The van der Waals surface area contributed by atoms with Gasteiger partial charge in [0.1, 0.15) is 5.82 Å². The summed E-state index contributed by atoms with van der Waals surface area (Å²) < 4.78 is 15.6. The molecule has 3 aromatic rings. The van der Waals surface area contributed by atoms with Gasteiger partial charge in [-0.2, -0.15) is 0 Å². The Kier molecular flexibility index (Phi) is 4.69. The van der Waals surface area contributed by atoms with Gasteiger partial charge in [-0.15, -0.1) is 0 Å². The minimum absolute atomic E-state index is 0.0670. The molecule has 0 amide bonds. The molecule has 0 saturated heterocycles. The third kappa shape index (κ3) is 2.95. The van der Waals surface area contributed by atoms with Crippen LogP contribution in [0.1, 0.15) is 25.6 Å². The van der Waals surface area contributed by atoms with Crippen molar-refractivity contribution >= 4 is 10.9 Å². The van der Waals surface area contributed by atoms with Crippen molar-refractivity contribution in [2.24, 2.45) is 5.73 Å². The van der Waals surface area contributed by atoms with Crippen LogP contribution < -0.4 is 5.73 Å². The molecular weight excluding hydrogens is 303 g/mol. The number of para-hydroxylation sites is 1. The highest BCUT2D eigenvalue weighted by Gasteiger charge is 2.21. The zero-order valence-electron chi connectivity index (χ0n) is 14.0. The molecule has 2 aromatic carbocycles. The van der Waals surface area contributed by atoms with Gasteiger partial charge in [-0.3, -0.25) is 0 Å². The maximum absolute atomic E-state index is 13.4. The standard InChI is InChI=1S/C20H23FN2O/c1-13(2)23-18-6-4-3-5-17(18)20(19(23)11-16(22)12-24)14-7-9-15(21)10-8-14/h3-10,13,16,24H,11-12,22H2,1-2H3. The summed E-state index contributed by atoms with van der Waals surface area (Å²) in [6.45, 7) is 4.20. The van der Waals surface area contributed by atoms with Crippen molar-refractivity contribution in [1.29, 1.82) is 0 Å². The monoisotopic (exact) mass is 326 g/mol. The molecule has 1 atom stereocenters. The number of hydrogen-bond acceptors (Lipinski definition) is 2. The summed E-state index contributed by atoms with van der Waals surface area (Å²) in [7, 11) is 0. The van der Waals surface area contributed by atoms with Gasteiger partial charge in [0.05, 0.1) is 6.61 Å². The molecular formula is C20H23FN2O. The van der Waals surface area contributed by atoms with Gasteiger partial charge in [0, 0.05) is 40.7 Å². The highest BCUT2D eigenvalue weighted by molar-refractivity contribution is 5.98. The molecule has 126 valence electrons. The van der Waals surface area contributed by atoms with Crippen LogP contribution in [0.5, 0.6) is 0 Å². The molecule has 3 nitrogen and oxygen atoms in total. The molecule has 1 aromatic heterocycles. The number of nitrogens with zero attached hydrogens (tertiary/aromatic N) is 1. The lowest BCUT2D eigenvalue weighted by Gasteiger charge is -2.18. The quantitative estimate of drug-likeness (QED) is 0.747. The minimum atomic E-state index is -0.328. The van der Waals surface area contributed by atoms with E-state index in [-0.39, 0.29) is 24.5 Å². The maximum atomic E-state index is 13.4. The number of nitrogens with two attached hydrogens (primary N) is 1. The van der Waals surface area contributed by atoms with Gasteiger partial charge in [0.2, 0.25) is 0 Å². The van der Waals surface area contributed by atoms with E-state index in [1.54, 1.807) is 12.1 Å². The number of fused-ring (bicyclic) bond motifs is 1. The number of halogens is 1. The van der Waals surface area contributed by atoms with Crippen LogP contribution in [0.2, 0.25) is 0 Å². The minimum Gasteiger partial charge on any atom is -0.395 e. The number of aliphatic hydroxyl groups is 1. The largest absolute Gasteiger partial charge is 0.395 e. The molecule has 0 aliphatic rings. The number of benzene rings is 2. The Balaban J connectivity index is 2.32. The first-order valence-electron chi connectivity index (χ1n) is 8.27. The van der Waals surface area contributed by atoms with E-state index in [0.29, 0.717) is 6.42 Å². The van der Waals surface area contributed by atoms with Crippen molar-refractivity contribution in [2.45, 2.75) is 32.4 Å². The Morgan fingerprint density at radius 3 is 2.38 bits per heavy atom. The van der Waals surface area contributed by atoms with E-state index >= 15 is 0 Å². The van der Waals surface area contributed by atoms with Crippen LogP contribution in [0, 0.1) is 5.82 Å². The molecule has 1 unspecified atom stereocenters. The Bertz CT molecular complexity index is 837. The summed E-state index contributed by atoms with van der Waals surface area (Å²) in [6, 6.07) is 14.7. The predicted octanol–water partition coefficient (Wildman–Crippen LogP) is 3.89. The Morgan fingerprint density at radius 1 is 1.08 bits per heavy atom. The molecule has 0 spiro atoms. The second kappa shape index (κ2) is 6.75. The molecule has 0 fully saturated rings. The lowest BCUT2D eigenvalue weighted by Crippen LogP contribution is -2.28. The van der Waals surface area contributed by atoms with E-state index in [1.165, 1.54) is 12.1 Å². The van der Waals surface area contributed by atoms with Crippen LogP contribution in [0.3, 0.4) is 0 Å². The highest BCUT2D eigenvalue weighted by atomic mass is 19.1. The normalized spacial score (nSPS) is 12.9. The van der Waals surface area contributed by atoms with Crippen LogP contribution in [-0.4, -0.2) is 22.3 Å². The van der Waals surface area contributed by atoms with E-state index in [2.05, 4.69) is 30.5 Å². The smallest absolute Gasteiger partial charge is 0.123 e. The van der Waals surface area contributed by atoms with Gasteiger partial charge in [-0.25, -0.2) is 4.39 Å². The molecule has 24 heavy (non-hydrogen) atoms. The molecule has 3 rings (SSSR count). The summed E-state index contributed by atoms with van der Waals surface area (Å²) in [5.41, 5.74) is 10.3. The summed E-state index contributed by atoms with van der Waals surface area (Å²) in [6.07, 6.45) is 0.566. The lowest BCUT2D eigenvalue weighted by molar-refractivity contribution is 0.263. The first-order valence-corrected chi connectivity index (χ1v) is 8.27. The van der Waals surface area contributed by atoms with E-state index in [1.807, 2.05) is 12.1 Å². The van der Waals surface area contributed by atoms with Crippen LogP contribution in [0.4, 0.5) is 4.39 Å². The van der Waals surface area contributed by atoms with E-state index in [4.69, 9.17) is 5.73 Å². The molecule has 1 heterocycles. The third-order valence-electron chi connectivity index (χ3n) is 4.35. The van der Waals surface area contributed by atoms with Crippen molar-refractivity contribution in [3.05, 3.63) is 60.0 Å². The van der Waals surface area contributed by atoms with Gasteiger partial charge < -0.3 is 15.4 Å². The first-order chi connectivity index (χ1) is 11.5. The number of hydrogen-bond donors (Lipinski definition) is 2. The molecule has 4 heteroatoms. The Labute approximate surface area is 141 Å². The fraction of sp³-hybridized carbons (Fsp3) is 0.300. The van der Waals surface area contributed by atoms with Crippen LogP contribution in [-0.2, 0) is 6.42 Å². The predicted molar refractivity (Wildman–Crippen MR) is 96.5 cm³/mol. The van der Waals surface area contributed by atoms with E-state index < -0.39 is 0 Å². The van der Waals surface area contributed by atoms with E-state index in [0.717, 1.165) is 27.7 Å². The summed E-state index contributed by atoms with van der Waals surface area (Å²) in [5, 5.41) is 10.5. The maximum Gasteiger partial charge on any atom is 0.123 e. The van der Waals surface area contributed by atoms with Crippen molar-refractivity contribution in [1.82, 2.24) is 4.57 Å². The SMILES string of the molecule is CC(C)n1c(CC(N)CO)c(-c2ccc(F)cc2)c2ccccc21. The fourth-order valence-electron chi connectivity index (χ4n) is 3.36. The average molecular weight is 326 g/mol. The van der Waals surface area contributed by atoms with E-state index in [9.17, 15) is 9.50 Å². The molecule has 0 saturated carbocycles. The molecule has 0 bridgehead atoms. The van der Waals surface area contributed by atoms with Gasteiger partial charge in [0.15, 0.2) is 0 Å².